The third-order valence-corrected chi connectivity index (χ3v) is 6.62. The van der Waals surface area contributed by atoms with Gasteiger partial charge in [0.15, 0.2) is 5.82 Å². The molecule has 35 heavy (non-hydrogen) atoms. The van der Waals surface area contributed by atoms with E-state index in [2.05, 4.69) is 15.3 Å². The molecule has 2 atom stereocenters. The summed E-state index contributed by atoms with van der Waals surface area (Å²) >= 11 is 0. The molecule has 0 spiro atoms. The van der Waals surface area contributed by atoms with Crippen molar-refractivity contribution in [3.05, 3.63) is 35.9 Å². The number of fused-ring (bicyclic) bond motifs is 2. The largest absolute Gasteiger partial charge is 0.489 e. The SMILES string of the molecule is COc1c(Nc2ccc(C#N)cc2F)ncnc1OC1C2COCC1CN(C(=O)OC1(C)CC1)C2. The number of likely N-dealkylation sites (tertiary alicyclic amines) is 1. The van der Waals surface area contributed by atoms with Gasteiger partial charge in [0.1, 0.15) is 23.8 Å². The fourth-order valence-corrected chi connectivity index (χ4v) is 4.45. The third-order valence-electron chi connectivity index (χ3n) is 6.62. The molecule has 1 aliphatic carbocycles. The summed E-state index contributed by atoms with van der Waals surface area (Å²) in [7, 11) is 1.45. The Morgan fingerprint density at radius 3 is 2.66 bits per heavy atom. The number of nitrogens with one attached hydrogen (secondary N) is 1. The van der Waals surface area contributed by atoms with Crippen molar-refractivity contribution in [2.75, 3.05) is 38.7 Å². The van der Waals surface area contributed by atoms with Crippen molar-refractivity contribution >= 4 is 17.6 Å². The normalized spacial score (nSPS) is 24.2. The smallest absolute Gasteiger partial charge is 0.410 e. The van der Waals surface area contributed by atoms with Gasteiger partial charge < -0.3 is 29.2 Å². The molecule has 5 rings (SSSR count). The van der Waals surface area contributed by atoms with Gasteiger partial charge in [0.05, 0.1) is 37.6 Å². The van der Waals surface area contributed by atoms with Gasteiger partial charge in [-0.1, -0.05) is 0 Å². The fraction of sp³-hybridized carbons (Fsp3) is 0.500. The van der Waals surface area contributed by atoms with Gasteiger partial charge in [-0.05, 0) is 38.0 Å². The Labute approximate surface area is 202 Å². The second kappa shape index (κ2) is 9.19. The van der Waals surface area contributed by atoms with Crippen LogP contribution in [0.1, 0.15) is 25.3 Å². The van der Waals surface area contributed by atoms with Crippen LogP contribution in [0.15, 0.2) is 24.5 Å². The summed E-state index contributed by atoms with van der Waals surface area (Å²) in [5.41, 5.74) is 0.0117. The zero-order chi connectivity index (χ0) is 24.6. The minimum atomic E-state index is -0.599. The number of benzene rings is 1. The lowest BCUT2D eigenvalue weighted by Gasteiger charge is -2.46. The monoisotopic (exact) mass is 483 g/mol. The van der Waals surface area contributed by atoms with Crippen molar-refractivity contribution in [1.29, 1.82) is 5.26 Å². The predicted octanol–water partition coefficient (Wildman–Crippen LogP) is 3.25. The summed E-state index contributed by atoms with van der Waals surface area (Å²) in [6, 6.07) is 5.99. The van der Waals surface area contributed by atoms with Crippen molar-refractivity contribution in [2.45, 2.75) is 31.5 Å². The minimum Gasteiger partial charge on any atom is -0.489 e. The first-order valence-electron chi connectivity index (χ1n) is 11.5. The van der Waals surface area contributed by atoms with Gasteiger partial charge in [0.25, 0.3) is 5.88 Å². The number of hydrogen-bond acceptors (Lipinski definition) is 9. The van der Waals surface area contributed by atoms with Crippen molar-refractivity contribution < 1.29 is 28.1 Å². The van der Waals surface area contributed by atoms with E-state index in [0.717, 1.165) is 18.9 Å². The van der Waals surface area contributed by atoms with Crippen LogP contribution in [0.25, 0.3) is 0 Å². The lowest BCUT2D eigenvalue weighted by molar-refractivity contribution is -0.112. The number of amides is 1. The first-order valence-corrected chi connectivity index (χ1v) is 11.5. The number of piperidine rings is 1. The maximum Gasteiger partial charge on any atom is 0.410 e. The molecule has 3 aliphatic rings. The molecule has 2 bridgehead atoms. The summed E-state index contributed by atoms with van der Waals surface area (Å²) in [6.07, 6.45) is 2.54. The second-order valence-corrected chi connectivity index (χ2v) is 9.36. The van der Waals surface area contributed by atoms with Gasteiger partial charge in [0, 0.05) is 24.9 Å². The van der Waals surface area contributed by atoms with Gasteiger partial charge in [0.2, 0.25) is 5.75 Å². The van der Waals surface area contributed by atoms with Crippen LogP contribution in [0, 0.1) is 29.0 Å². The minimum absolute atomic E-state index is 0.0749. The Balaban J connectivity index is 1.33. The molecule has 11 heteroatoms. The van der Waals surface area contributed by atoms with Gasteiger partial charge in [-0.15, -0.1) is 0 Å². The molecule has 10 nitrogen and oxygen atoms in total. The number of ether oxygens (including phenoxy) is 4. The second-order valence-electron chi connectivity index (χ2n) is 9.36. The van der Waals surface area contributed by atoms with E-state index in [-0.39, 0.29) is 58.3 Å². The molecule has 3 heterocycles. The summed E-state index contributed by atoms with van der Waals surface area (Å²) in [4.78, 5) is 22.8. The van der Waals surface area contributed by atoms with Crippen LogP contribution in [-0.2, 0) is 9.47 Å². The molecule has 2 unspecified atom stereocenters. The number of carbonyl (C=O) groups excluding carboxylic acids is 1. The highest BCUT2D eigenvalue weighted by Crippen LogP contribution is 2.41. The van der Waals surface area contributed by atoms with Gasteiger partial charge in [-0.2, -0.15) is 10.2 Å². The number of halogens is 1. The van der Waals surface area contributed by atoms with Crippen LogP contribution in [0.4, 0.5) is 20.7 Å². The van der Waals surface area contributed by atoms with Crippen LogP contribution < -0.4 is 14.8 Å². The molecule has 2 aliphatic heterocycles. The molecule has 1 aromatic carbocycles. The van der Waals surface area contributed by atoms with E-state index in [0.29, 0.717) is 26.3 Å². The average molecular weight is 484 g/mol. The van der Waals surface area contributed by atoms with Crippen molar-refractivity contribution in [3.63, 3.8) is 0 Å². The predicted molar refractivity (Wildman–Crippen MR) is 121 cm³/mol. The Bertz CT molecular complexity index is 1150. The highest BCUT2D eigenvalue weighted by molar-refractivity contribution is 5.69. The molecule has 1 aromatic heterocycles. The number of hydrogen-bond donors (Lipinski definition) is 1. The summed E-state index contributed by atoms with van der Waals surface area (Å²) < 4.78 is 37.6. The first kappa shape index (κ1) is 23.1. The number of rotatable bonds is 6. The maximum atomic E-state index is 14.4. The van der Waals surface area contributed by atoms with Crippen LogP contribution in [0.3, 0.4) is 0 Å². The molecular weight excluding hydrogens is 457 g/mol. The maximum absolute atomic E-state index is 14.4. The summed E-state index contributed by atoms with van der Waals surface area (Å²) in [5, 5.41) is 11.8. The van der Waals surface area contributed by atoms with Crippen LogP contribution in [0.2, 0.25) is 0 Å². The van der Waals surface area contributed by atoms with E-state index < -0.39 is 5.82 Å². The quantitative estimate of drug-likeness (QED) is 0.660. The van der Waals surface area contributed by atoms with Crippen molar-refractivity contribution in [3.8, 4) is 17.7 Å². The number of aromatic nitrogens is 2. The molecule has 1 saturated carbocycles. The van der Waals surface area contributed by atoms with Crippen LogP contribution in [-0.4, -0.2) is 66.1 Å². The standard InChI is InChI=1S/C24H26FN5O5/c1-24(5-6-24)35-23(31)30-9-15-11-33-12-16(10-30)19(15)34-22-20(32-2)21(27-13-28-22)29-18-4-3-14(8-26)7-17(18)25/h3-4,7,13,15-16,19H,5-6,9-12H2,1-2H3,(H,27,28,29). The zero-order valence-corrected chi connectivity index (χ0v) is 19.5. The van der Waals surface area contributed by atoms with Crippen LogP contribution in [0.5, 0.6) is 11.6 Å². The Morgan fingerprint density at radius 2 is 2.03 bits per heavy atom. The van der Waals surface area contributed by atoms with E-state index in [1.807, 2.05) is 13.0 Å². The number of anilines is 2. The molecule has 2 saturated heterocycles. The average Bonchev–Trinajstić information content (AvgIpc) is 3.56. The Kier molecular flexibility index (Phi) is 6.06. The van der Waals surface area contributed by atoms with E-state index in [4.69, 9.17) is 24.2 Å². The fourth-order valence-electron chi connectivity index (χ4n) is 4.45. The van der Waals surface area contributed by atoms with E-state index in [9.17, 15) is 9.18 Å². The van der Waals surface area contributed by atoms with Crippen molar-refractivity contribution in [1.82, 2.24) is 14.9 Å². The third kappa shape index (κ3) is 4.79. The molecular formula is C24H26FN5O5. The summed E-state index contributed by atoms with van der Waals surface area (Å²) in [6.45, 7) is 3.73. The lowest BCUT2D eigenvalue weighted by atomic mass is 9.84. The van der Waals surface area contributed by atoms with Gasteiger partial charge >= 0.3 is 6.09 Å². The summed E-state index contributed by atoms with van der Waals surface area (Å²) in [5.74, 6) is -0.0937. The first-order chi connectivity index (χ1) is 16.9. The Morgan fingerprint density at radius 1 is 1.29 bits per heavy atom. The number of methoxy groups -OCH3 is 1. The highest BCUT2D eigenvalue weighted by atomic mass is 19.1. The Hall–Kier alpha value is -3.65. The zero-order valence-electron chi connectivity index (χ0n) is 19.5. The molecule has 1 amide bonds. The lowest BCUT2D eigenvalue weighted by Crippen LogP contribution is -2.59. The van der Waals surface area contributed by atoms with Gasteiger partial charge in [-0.3, -0.25) is 0 Å². The van der Waals surface area contributed by atoms with Crippen molar-refractivity contribution in [2.24, 2.45) is 11.8 Å². The van der Waals surface area contributed by atoms with E-state index in [1.54, 1.807) is 4.90 Å². The van der Waals surface area contributed by atoms with E-state index >= 15 is 0 Å². The van der Waals surface area contributed by atoms with Gasteiger partial charge in [-0.25, -0.2) is 14.2 Å². The highest BCUT2D eigenvalue weighted by Gasteiger charge is 2.47. The molecule has 2 aromatic rings. The number of carbonyl (C=O) groups is 1. The number of nitriles is 1. The van der Waals surface area contributed by atoms with Crippen LogP contribution >= 0.6 is 0 Å². The molecule has 0 radical (unpaired) electrons. The molecule has 184 valence electrons. The topological polar surface area (TPSA) is 119 Å². The molecule has 1 N–H and O–H groups in total. The van der Waals surface area contributed by atoms with E-state index in [1.165, 1.54) is 25.6 Å². The number of nitrogens with zero attached hydrogens (tertiary/aromatic N) is 4. The molecule has 3 fully saturated rings.